The smallest absolute Gasteiger partial charge is 0.0766 e. The number of hydrogen-bond acceptors (Lipinski definition) is 1. The third-order valence-electron chi connectivity index (χ3n) is 3.54. The molecule has 2 nitrogen and oxygen atoms in total. The first kappa shape index (κ1) is 15.6. The Labute approximate surface area is 134 Å². The van der Waals surface area contributed by atoms with Crippen LogP contribution in [0, 0.1) is 0 Å². The highest BCUT2D eigenvalue weighted by Gasteiger charge is 2.13. The maximum atomic E-state index is 6.45. The van der Waals surface area contributed by atoms with Gasteiger partial charge in [-0.1, -0.05) is 37.3 Å². The number of rotatable bonds is 6. The van der Waals surface area contributed by atoms with Crippen molar-refractivity contribution in [2.75, 3.05) is 0 Å². The fourth-order valence-electron chi connectivity index (χ4n) is 2.37. The lowest BCUT2D eigenvalue weighted by atomic mass is 10.1. The number of aromatic nitrogens is 2. The van der Waals surface area contributed by atoms with Gasteiger partial charge in [-0.25, -0.2) is 0 Å². The maximum absolute atomic E-state index is 6.45. The average Bonchev–Trinajstić information content (AvgIpc) is 2.75. The highest BCUT2D eigenvalue weighted by molar-refractivity contribution is 9.10. The van der Waals surface area contributed by atoms with Crippen LogP contribution in [0.2, 0.25) is 0 Å². The van der Waals surface area contributed by atoms with E-state index in [-0.39, 0.29) is 5.38 Å². The number of halogens is 2. The summed E-state index contributed by atoms with van der Waals surface area (Å²) in [5.41, 5.74) is 3.60. The Morgan fingerprint density at radius 1 is 1.30 bits per heavy atom. The van der Waals surface area contributed by atoms with Gasteiger partial charge in [0.1, 0.15) is 0 Å². The molecule has 0 aliphatic rings. The molecule has 0 spiro atoms. The van der Waals surface area contributed by atoms with E-state index < -0.39 is 0 Å². The van der Waals surface area contributed by atoms with Gasteiger partial charge in [-0.3, -0.25) is 4.68 Å². The minimum atomic E-state index is 0.0915. The van der Waals surface area contributed by atoms with Crippen molar-refractivity contribution < 1.29 is 0 Å². The Kier molecular flexibility index (Phi) is 5.67. The first-order chi connectivity index (χ1) is 9.63. The molecule has 2 rings (SSSR count). The van der Waals surface area contributed by atoms with E-state index in [1.165, 1.54) is 11.3 Å². The Hall–Kier alpha value is -0.800. The van der Waals surface area contributed by atoms with Gasteiger partial charge in [-0.05, 0) is 47.2 Å². The summed E-state index contributed by atoms with van der Waals surface area (Å²) in [4.78, 5) is 0. The Bertz CT molecular complexity index is 551. The van der Waals surface area contributed by atoms with Crippen molar-refractivity contribution in [3.63, 3.8) is 0 Å². The highest BCUT2D eigenvalue weighted by atomic mass is 79.9. The second kappa shape index (κ2) is 7.28. The first-order valence-corrected chi connectivity index (χ1v) is 8.25. The predicted molar refractivity (Wildman–Crippen MR) is 88.3 cm³/mol. The molecule has 2 aromatic rings. The molecule has 0 saturated carbocycles. The van der Waals surface area contributed by atoms with Crippen LogP contribution < -0.4 is 0 Å². The number of hydrogen-bond donors (Lipinski definition) is 0. The fraction of sp³-hybridized carbons (Fsp3) is 0.438. The van der Waals surface area contributed by atoms with Crippen molar-refractivity contribution in [1.29, 1.82) is 0 Å². The van der Waals surface area contributed by atoms with E-state index in [0.29, 0.717) is 0 Å². The van der Waals surface area contributed by atoms with Crippen molar-refractivity contribution >= 4 is 27.5 Å². The second-order valence-corrected chi connectivity index (χ2v) is 6.27. The molecule has 4 heteroatoms. The van der Waals surface area contributed by atoms with Crippen molar-refractivity contribution in [3.05, 3.63) is 51.8 Å². The minimum Gasteiger partial charge on any atom is -0.271 e. The highest BCUT2D eigenvalue weighted by Crippen LogP contribution is 2.28. The fourth-order valence-corrected chi connectivity index (χ4v) is 3.48. The zero-order chi connectivity index (χ0) is 14.5. The van der Waals surface area contributed by atoms with Crippen molar-refractivity contribution in [2.45, 2.75) is 38.0 Å². The van der Waals surface area contributed by atoms with Crippen LogP contribution in [0.4, 0.5) is 0 Å². The molecule has 0 radical (unpaired) electrons. The third kappa shape index (κ3) is 3.64. The normalized spacial score (nSPS) is 12.6. The molecule has 20 heavy (non-hydrogen) atoms. The Morgan fingerprint density at radius 2 is 2.00 bits per heavy atom. The third-order valence-corrected chi connectivity index (χ3v) is 4.92. The molecule has 1 atom stereocenters. The van der Waals surface area contributed by atoms with Gasteiger partial charge in [-0.15, -0.1) is 11.6 Å². The van der Waals surface area contributed by atoms with E-state index in [9.17, 15) is 0 Å². The van der Waals surface area contributed by atoms with Crippen LogP contribution in [0.5, 0.6) is 0 Å². The zero-order valence-corrected chi connectivity index (χ0v) is 14.3. The molecule has 1 aromatic heterocycles. The quantitative estimate of drug-likeness (QED) is 0.663. The van der Waals surface area contributed by atoms with Gasteiger partial charge in [-0.2, -0.15) is 5.10 Å². The summed E-state index contributed by atoms with van der Waals surface area (Å²) in [6.07, 6.45) is 3.99. The summed E-state index contributed by atoms with van der Waals surface area (Å²) in [6.45, 7) is 2.13. The van der Waals surface area contributed by atoms with Crippen LogP contribution in [-0.4, -0.2) is 9.78 Å². The average molecular weight is 356 g/mol. The van der Waals surface area contributed by atoms with Crippen LogP contribution in [0.25, 0.3) is 0 Å². The predicted octanol–water partition coefficient (Wildman–Crippen LogP) is 5.05. The van der Waals surface area contributed by atoms with Gasteiger partial charge in [0.15, 0.2) is 0 Å². The lowest BCUT2D eigenvalue weighted by Gasteiger charge is -2.09. The van der Waals surface area contributed by atoms with Gasteiger partial charge in [0.2, 0.25) is 0 Å². The minimum absolute atomic E-state index is 0.0915. The molecule has 1 heterocycles. The Balaban J connectivity index is 1.92. The molecule has 0 amide bonds. The number of alkyl halides is 1. The molecular weight excluding hydrogens is 336 g/mol. The van der Waals surface area contributed by atoms with Crippen LogP contribution >= 0.6 is 27.5 Å². The van der Waals surface area contributed by atoms with E-state index in [1.807, 2.05) is 29.9 Å². The molecule has 0 N–H and O–H groups in total. The summed E-state index contributed by atoms with van der Waals surface area (Å²) >= 11 is 10.1. The van der Waals surface area contributed by atoms with Gasteiger partial charge >= 0.3 is 0 Å². The molecular formula is C16H20BrClN2. The summed E-state index contributed by atoms with van der Waals surface area (Å²) in [5, 5.41) is 4.61. The maximum Gasteiger partial charge on any atom is 0.0766 e. The number of nitrogens with zero attached hydrogens (tertiary/aromatic N) is 2. The molecule has 0 aliphatic heterocycles. The van der Waals surface area contributed by atoms with Gasteiger partial charge < -0.3 is 0 Å². The van der Waals surface area contributed by atoms with E-state index >= 15 is 0 Å². The summed E-state index contributed by atoms with van der Waals surface area (Å²) in [6, 6.07) is 10.3. The Morgan fingerprint density at radius 3 is 2.60 bits per heavy atom. The van der Waals surface area contributed by atoms with E-state index in [1.54, 1.807) is 0 Å². The largest absolute Gasteiger partial charge is 0.271 e. The molecule has 0 fully saturated rings. The molecule has 108 valence electrons. The van der Waals surface area contributed by atoms with Gasteiger partial charge in [0.05, 0.1) is 21.2 Å². The van der Waals surface area contributed by atoms with E-state index in [4.69, 9.17) is 11.6 Å². The van der Waals surface area contributed by atoms with Gasteiger partial charge in [0, 0.05) is 7.05 Å². The van der Waals surface area contributed by atoms with Crippen LogP contribution in [-0.2, 0) is 19.9 Å². The lowest BCUT2D eigenvalue weighted by molar-refractivity contribution is 0.648. The van der Waals surface area contributed by atoms with Crippen LogP contribution in [0.15, 0.2) is 34.8 Å². The molecule has 1 unspecified atom stereocenters. The summed E-state index contributed by atoms with van der Waals surface area (Å²) < 4.78 is 3.14. The standard InChI is InChI=1S/C16H20BrClN2/c1-3-14-16(17)15(20(2)19-14)11-7-10-13(18)12-8-5-4-6-9-12/h4-6,8-9,13H,3,7,10-11H2,1-2H3. The monoisotopic (exact) mass is 354 g/mol. The van der Waals surface area contributed by atoms with Crippen molar-refractivity contribution in [2.24, 2.45) is 7.05 Å². The summed E-state index contributed by atoms with van der Waals surface area (Å²) in [7, 11) is 2.01. The van der Waals surface area contributed by atoms with E-state index in [2.05, 4.69) is 40.1 Å². The lowest BCUT2D eigenvalue weighted by Crippen LogP contribution is -2.00. The van der Waals surface area contributed by atoms with Crippen LogP contribution in [0.1, 0.15) is 42.1 Å². The van der Waals surface area contributed by atoms with Gasteiger partial charge in [0.25, 0.3) is 0 Å². The van der Waals surface area contributed by atoms with Crippen molar-refractivity contribution in [3.8, 4) is 0 Å². The number of aryl methyl sites for hydroxylation is 2. The number of benzene rings is 1. The van der Waals surface area contributed by atoms with Crippen LogP contribution in [0.3, 0.4) is 0 Å². The molecule has 0 bridgehead atoms. The molecule has 0 aliphatic carbocycles. The van der Waals surface area contributed by atoms with E-state index in [0.717, 1.165) is 35.8 Å². The summed E-state index contributed by atoms with van der Waals surface area (Å²) in [5.74, 6) is 0. The zero-order valence-electron chi connectivity index (χ0n) is 11.9. The first-order valence-electron chi connectivity index (χ1n) is 7.02. The molecule has 0 saturated heterocycles. The molecule has 1 aromatic carbocycles. The second-order valence-electron chi connectivity index (χ2n) is 4.95. The topological polar surface area (TPSA) is 17.8 Å². The van der Waals surface area contributed by atoms with Crippen molar-refractivity contribution in [1.82, 2.24) is 9.78 Å². The SMILES string of the molecule is CCc1nn(C)c(CCCC(Cl)c2ccccc2)c1Br.